The quantitative estimate of drug-likeness (QED) is 0.109. The number of nitrogens with zero attached hydrogens (tertiary/aromatic N) is 6. The molecule has 0 spiro atoms. The standard InChI is InChI=1S/C25H24N4O5.C24H23N5O4/c1-16(30)26-15-18-7-8-21-20(14-18)22(23(31)34-3)27-29(21)19-6-4-5-17(13-19)9-10-25(33)11-12-28(2)24(25)32;1-15(30)26-14-17-6-7-20-19(13-17)21(22(25)31)27-29(20)18-5-3-4-16(12-18)8-9-24(33)10-11-28(2)23(24)32/h4-8,13-14,33H,11-12,15H2,1-3H3,(H,26,30);3-7,12-13,33H,10-11,14H2,1-2H3,(H2,25,31)(H,26,30)/t25-;24-/m00/s1. The first-order valence-electron chi connectivity index (χ1n) is 21.0. The molecular formula is C49H47N9O9. The van der Waals surface area contributed by atoms with Crippen LogP contribution in [-0.2, 0) is 37.0 Å². The van der Waals surface area contributed by atoms with Crippen LogP contribution < -0.4 is 16.4 Å². The molecule has 4 aromatic carbocycles. The molecule has 6 N–H and O–H groups in total. The van der Waals surface area contributed by atoms with Crippen LogP contribution in [0.5, 0.6) is 0 Å². The molecule has 2 saturated heterocycles. The minimum atomic E-state index is -1.69. The Labute approximate surface area is 384 Å². The number of nitrogens with one attached hydrogen (secondary N) is 2. The lowest BCUT2D eigenvalue weighted by Gasteiger charge is -2.13. The van der Waals surface area contributed by atoms with Crippen LogP contribution in [0.1, 0.15) is 69.9 Å². The van der Waals surface area contributed by atoms with Crippen LogP contribution in [0, 0.1) is 23.7 Å². The average molecular weight is 906 g/mol. The van der Waals surface area contributed by atoms with Crippen LogP contribution in [0.15, 0.2) is 84.9 Å². The number of aliphatic hydroxyl groups is 2. The number of likely N-dealkylation sites (tertiary alicyclic amines) is 2. The zero-order valence-electron chi connectivity index (χ0n) is 37.3. The molecule has 0 bridgehead atoms. The van der Waals surface area contributed by atoms with E-state index < -0.39 is 34.9 Å². The SMILES string of the molecule is CC(=O)NCc1ccc2c(c1)c(C(N)=O)nn2-c1cccc(C#C[C@]2(O)CCN(C)C2=O)c1.COC(=O)c1nn(-c2cccc(C#C[C@]3(O)CCN(C)C3=O)c2)c2ccc(CNC(C)=O)cc12. The number of likely N-dealkylation sites (N-methyl/N-ethyl adjacent to an activating group) is 2. The Morgan fingerprint density at radius 3 is 1.51 bits per heavy atom. The van der Waals surface area contributed by atoms with Crippen LogP contribution in [0.3, 0.4) is 0 Å². The number of nitrogens with two attached hydrogens (primary N) is 1. The summed E-state index contributed by atoms with van der Waals surface area (Å²) >= 11 is 0. The Morgan fingerprint density at radius 1 is 0.687 bits per heavy atom. The van der Waals surface area contributed by atoms with E-state index in [4.69, 9.17) is 10.5 Å². The van der Waals surface area contributed by atoms with Crippen molar-refractivity contribution in [2.45, 2.75) is 51.0 Å². The van der Waals surface area contributed by atoms with Gasteiger partial charge < -0.3 is 41.1 Å². The van der Waals surface area contributed by atoms with Crippen molar-refractivity contribution < 1.29 is 43.7 Å². The van der Waals surface area contributed by atoms with Gasteiger partial charge in [-0.1, -0.05) is 47.9 Å². The Hall–Kier alpha value is -8.32. The van der Waals surface area contributed by atoms with E-state index in [1.807, 2.05) is 24.3 Å². The number of hydrogen-bond donors (Lipinski definition) is 5. The molecule has 2 aliphatic rings. The topological polar surface area (TPSA) is 244 Å². The molecule has 6 aromatic rings. The third-order valence-electron chi connectivity index (χ3n) is 11.2. The minimum absolute atomic E-state index is 0.111. The van der Waals surface area contributed by atoms with Crippen LogP contribution >= 0.6 is 0 Å². The van der Waals surface area contributed by atoms with E-state index in [2.05, 4.69) is 44.5 Å². The van der Waals surface area contributed by atoms with Gasteiger partial charge in [0.05, 0.1) is 29.5 Å². The van der Waals surface area contributed by atoms with Gasteiger partial charge in [-0.2, -0.15) is 10.2 Å². The highest BCUT2D eigenvalue weighted by Gasteiger charge is 2.43. The smallest absolute Gasteiger partial charge is 0.359 e. The number of amides is 5. The van der Waals surface area contributed by atoms with Gasteiger partial charge in [0.25, 0.3) is 17.7 Å². The number of fused-ring (bicyclic) bond motifs is 2. The van der Waals surface area contributed by atoms with E-state index >= 15 is 0 Å². The molecule has 18 heteroatoms. The van der Waals surface area contributed by atoms with Crippen LogP contribution in [0.2, 0.25) is 0 Å². The maximum atomic E-state index is 12.4. The highest BCUT2D eigenvalue weighted by Crippen LogP contribution is 2.27. The van der Waals surface area contributed by atoms with Gasteiger partial charge >= 0.3 is 5.97 Å². The van der Waals surface area contributed by atoms with Gasteiger partial charge in [-0.3, -0.25) is 24.0 Å². The van der Waals surface area contributed by atoms with Crippen LogP contribution in [-0.4, -0.2) is 121 Å². The van der Waals surface area contributed by atoms with Crippen molar-refractivity contribution in [3.05, 3.63) is 119 Å². The Bertz CT molecular complexity index is 3130. The van der Waals surface area contributed by atoms with Gasteiger partial charge in [-0.25, -0.2) is 14.2 Å². The van der Waals surface area contributed by atoms with Crippen molar-refractivity contribution in [1.29, 1.82) is 0 Å². The lowest BCUT2D eigenvalue weighted by Crippen LogP contribution is -2.37. The number of hydrogen-bond acceptors (Lipinski definition) is 11. The number of carbonyl (C=O) groups is 6. The lowest BCUT2D eigenvalue weighted by atomic mass is 10.0. The Kier molecular flexibility index (Phi) is 13.3. The highest BCUT2D eigenvalue weighted by molar-refractivity contribution is 6.05. The minimum Gasteiger partial charge on any atom is -0.464 e. The number of rotatable bonds is 8. The van der Waals surface area contributed by atoms with Gasteiger partial charge in [0, 0.05) is 88.9 Å². The van der Waals surface area contributed by atoms with E-state index in [0.717, 1.165) is 11.1 Å². The van der Waals surface area contributed by atoms with E-state index in [-0.39, 0.29) is 36.0 Å². The average Bonchev–Trinajstić information content (AvgIpc) is 4.04. The summed E-state index contributed by atoms with van der Waals surface area (Å²) in [6.45, 7) is 4.40. The molecule has 2 aromatic heterocycles. The highest BCUT2D eigenvalue weighted by atomic mass is 16.5. The van der Waals surface area contributed by atoms with E-state index in [1.54, 1.807) is 84.1 Å². The number of aromatic nitrogens is 4. The second kappa shape index (κ2) is 19.0. The van der Waals surface area contributed by atoms with E-state index in [1.165, 1.54) is 30.8 Å². The number of benzene rings is 4. The fourth-order valence-electron chi connectivity index (χ4n) is 7.55. The molecule has 67 heavy (non-hydrogen) atoms. The monoisotopic (exact) mass is 905 g/mol. The molecule has 8 rings (SSSR count). The molecule has 4 heterocycles. The summed E-state index contributed by atoms with van der Waals surface area (Å²) in [4.78, 5) is 74.2. The number of esters is 1. The van der Waals surface area contributed by atoms with Gasteiger partial charge in [-0.05, 0) is 71.8 Å². The molecule has 0 unspecified atom stereocenters. The summed E-state index contributed by atoms with van der Waals surface area (Å²) in [6, 6.07) is 25.1. The van der Waals surface area contributed by atoms with Crippen molar-refractivity contribution in [3.8, 4) is 35.1 Å². The zero-order chi connectivity index (χ0) is 48.2. The fraction of sp³-hybridized carbons (Fsp3) is 0.265. The molecule has 2 fully saturated rings. The number of primary amides is 1. The summed E-state index contributed by atoms with van der Waals surface area (Å²) in [6.07, 6.45) is 0.504. The molecular weight excluding hydrogens is 859 g/mol. The van der Waals surface area contributed by atoms with Gasteiger partial charge in [0.2, 0.25) is 23.0 Å². The summed E-state index contributed by atoms with van der Waals surface area (Å²) in [5.74, 6) is 8.80. The lowest BCUT2D eigenvalue weighted by molar-refractivity contribution is -0.138. The fourth-order valence-corrected chi connectivity index (χ4v) is 7.55. The van der Waals surface area contributed by atoms with Crippen molar-refractivity contribution in [1.82, 2.24) is 40.0 Å². The molecule has 2 aliphatic heterocycles. The first-order valence-corrected chi connectivity index (χ1v) is 21.0. The third-order valence-corrected chi connectivity index (χ3v) is 11.2. The summed E-state index contributed by atoms with van der Waals surface area (Å²) in [5.41, 5.74) is 7.82. The third kappa shape index (κ3) is 10.0. The first-order chi connectivity index (χ1) is 31.9. The van der Waals surface area contributed by atoms with Crippen molar-refractivity contribution in [3.63, 3.8) is 0 Å². The summed E-state index contributed by atoms with van der Waals surface area (Å²) in [7, 11) is 4.55. The summed E-state index contributed by atoms with van der Waals surface area (Å²) in [5, 5.41) is 36.6. The Morgan fingerprint density at radius 2 is 1.12 bits per heavy atom. The van der Waals surface area contributed by atoms with E-state index in [0.29, 0.717) is 70.5 Å². The number of carbonyl (C=O) groups excluding carboxylic acids is 6. The second-order valence-corrected chi connectivity index (χ2v) is 16.2. The van der Waals surface area contributed by atoms with Crippen LogP contribution in [0.4, 0.5) is 0 Å². The number of ether oxygens (including phenoxy) is 1. The van der Waals surface area contributed by atoms with Crippen molar-refractivity contribution >= 4 is 57.3 Å². The second-order valence-electron chi connectivity index (χ2n) is 16.2. The van der Waals surface area contributed by atoms with Gasteiger partial charge in [0.15, 0.2) is 11.4 Å². The molecule has 18 nitrogen and oxygen atoms in total. The first kappa shape index (κ1) is 46.7. The molecule has 0 aliphatic carbocycles. The normalized spacial score (nSPS) is 17.5. The maximum Gasteiger partial charge on any atom is 0.359 e. The largest absolute Gasteiger partial charge is 0.464 e. The predicted octanol–water partition coefficient (Wildman–Crippen LogP) is 2.10. The van der Waals surface area contributed by atoms with E-state index in [9.17, 15) is 39.0 Å². The number of methoxy groups -OCH3 is 1. The van der Waals surface area contributed by atoms with Crippen molar-refractivity contribution in [2.75, 3.05) is 34.3 Å². The summed E-state index contributed by atoms with van der Waals surface area (Å²) < 4.78 is 8.11. The van der Waals surface area contributed by atoms with Crippen LogP contribution in [0.25, 0.3) is 33.2 Å². The van der Waals surface area contributed by atoms with Gasteiger partial charge in [0.1, 0.15) is 0 Å². The molecule has 5 amide bonds. The zero-order valence-corrected chi connectivity index (χ0v) is 37.3. The molecule has 2 atom stereocenters. The maximum absolute atomic E-state index is 12.4. The molecule has 342 valence electrons. The molecule has 0 saturated carbocycles. The molecule has 0 radical (unpaired) electrons. The van der Waals surface area contributed by atoms with Gasteiger partial charge in [-0.15, -0.1) is 0 Å². The Balaban J connectivity index is 0.000000199. The predicted molar refractivity (Wildman–Crippen MR) is 245 cm³/mol. The van der Waals surface area contributed by atoms with Crippen molar-refractivity contribution in [2.24, 2.45) is 5.73 Å².